The summed E-state index contributed by atoms with van der Waals surface area (Å²) in [6.07, 6.45) is 3.64. The first-order chi connectivity index (χ1) is 10.1. The highest BCUT2D eigenvalue weighted by Crippen LogP contribution is 2.17. The fourth-order valence-electron chi connectivity index (χ4n) is 2.55. The second-order valence-electron chi connectivity index (χ2n) is 5.22. The van der Waals surface area contributed by atoms with E-state index in [9.17, 15) is 9.59 Å². The highest BCUT2D eigenvalue weighted by Gasteiger charge is 2.26. The van der Waals surface area contributed by atoms with Crippen molar-refractivity contribution in [2.24, 2.45) is 5.92 Å². The van der Waals surface area contributed by atoms with E-state index in [-0.39, 0.29) is 11.9 Å². The van der Waals surface area contributed by atoms with Crippen molar-refractivity contribution in [3.05, 3.63) is 29.6 Å². The topological polar surface area (TPSA) is 82.5 Å². The second kappa shape index (κ2) is 7.06. The van der Waals surface area contributed by atoms with Gasteiger partial charge in [0.2, 0.25) is 0 Å². The minimum absolute atomic E-state index is 0.147. The fraction of sp³-hybridized carbons (Fsp3) is 0.533. The number of carboxylic acids is 1. The molecule has 1 aliphatic heterocycles. The van der Waals surface area contributed by atoms with Crippen LogP contribution >= 0.6 is 0 Å². The fourth-order valence-corrected chi connectivity index (χ4v) is 2.55. The number of amides is 2. The van der Waals surface area contributed by atoms with E-state index in [1.165, 1.54) is 0 Å². The molecule has 0 aromatic carbocycles. The summed E-state index contributed by atoms with van der Waals surface area (Å²) in [6, 6.07) is 3.75. The summed E-state index contributed by atoms with van der Waals surface area (Å²) in [4.78, 5) is 28.9. The van der Waals surface area contributed by atoms with Crippen LogP contribution in [0.5, 0.6) is 0 Å². The van der Waals surface area contributed by atoms with Gasteiger partial charge in [-0.2, -0.15) is 0 Å². The number of nitrogens with one attached hydrogen (secondary N) is 1. The van der Waals surface area contributed by atoms with Crippen LogP contribution in [0.4, 0.5) is 4.79 Å². The summed E-state index contributed by atoms with van der Waals surface area (Å²) < 4.78 is 0. The molecule has 0 unspecified atom stereocenters. The molecule has 1 aliphatic rings. The number of hydrogen-bond acceptors (Lipinski definition) is 3. The number of aromatic nitrogens is 1. The Labute approximate surface area is 124 Å². The Morgan fingerprint density at radius 1 is 1.43 bits per heavy atom. The molecule has 2 heterocycles. The molecule has 0 bridgehead atoms. The van der Waals surface area contributed by atoms with Gasteiger partial charge in [-0.05, 0) is 30.9 Å². The first kappa shape index (κ1) is 15.3. The molecule has 0 aliphatic carbocycles. The number of carbonyl (C=O) groups is 2. The SMILES string of the molecule is CCc1cccnc1CNC(=O)N1CCC(C(=O)O)CC1. The maximum absolute atomic E-state index is 12.1. The molecule has 0 spiro atoms. The van der Waals surface area contributed by atoms with Crippen LogP contribution in [-0.4, -0.2) is 40.1 Å². The van der Waals surface area contributed by atoms with E-state index in [1.807, 2.05) is 12.1 Å². The van der Waals surface area contributed by atoms with Gasteiger partial charge in [-0.15, -0.1) is 0 Å². The zero-order valence-electron chi connectivity index (χ0n) is 12.2. The van der Waals surface area contributed by atoms with E-state index < -0.39 is 5.97 Å². The summed E-state index contributed by atoms with van der Waals surface area (Å²) >= 11 is 0. The molecule has 0 saturated carbocycles. The molecule has 114 valence electrons. The molecule has 1 aromatic rings. The summed E-state index contributed by atoms with van der Waals surface area (Å²) in [6.45, 7) is 3.44. The van der Waals surface area contributed by atoms with Crippen molar-refractivity contribution in [1.29, 1.82) is 0 Å². The average Bonchev–Trinajstić information content (AvgIpc) is 2.52. The Morgan fingerprint density at radius 2 is 2.14 bits per heavy atom. The molecule has 21 heavy (non-hydrogen) atoms. The van der Waals surface area contributed by atoms with Crippen LogP contribution in [0.2, 0.25) is 0 Å². The predicted molar refractivity (Wildman–Crippen MR) is 77.8 cm³/mol. The number of aliphatic carboxylic acids is 1. The number of hydrogen-bond donors (Lipinski definition) is 2. The third kappa shape index (κ3) is 3.93. The lowest BCUT2D eigenvalue weighted by atomic mass is 9.97. The number of rotatable bonds is 4. The minimum atomic E-state index is -0.767. The summed E-state index contributed by atoms with van der Waals surface area (Å²) in [5, 5.41) is 11.8. The predicted octanol–water partition coefficient (Wildman–Crippen LogP) is 1.65. The zero-order chi connectivity index (χ0) is 15.2. The monoisotopic (exact) mass is 291 g/mol. The first-order valence-electron chi connectivity index (χ1n) is 7.30. The first-order valence-corrected chi connectivity index (χ1v) is 7.30. The smallest absolute Gasteiger partial charge is 0.317 e. The number of carbonyl (C=O) groups excluding carboxylic acids is 1. The Bertz CT molecular complexity index is 511. The van der Waals surface area contributed by atoms with Crippen LogP contribution < -0.4 is 5.32 Å². The maximum atomic E-state index is 12.1. The van der Waals surface area contributed by atoms with Gasteiger partial charge in [-0.3, -0.25) is 9.78 Å². The molecule has 2 amide bonds. The van der Waals surface area contributed by atoms with Crippen LogP contribution in [0.1, 0.15) is 31.0 Å². The molecule has 1 fully saturated rings. The Balaban J connectivity index is 1.84. The molecule has 2 rings (SSSR count). The third-order valence-electron chi connectivity index (χ3n) is 3.90. The van der Waals surface area contributed by atoms with Crippen LogP contribution in [0, 0.1) is 5.92 Å². The van der Waals surface area contributed by atoms with Gasteiger partial charge in [0.05, 0.1) is 18.2 Å². The van der Waals surface area contributed by atoms with Crippen LogP contribution in [0.3, 0.4) is 0 Å². The Kier molecular flexibility index (Phi) is 5.14. The lowest BCUT2D eigenvalue weighted by Gasteiger charge is -2.30. The maximum Gasteiger partial charge on any atom is 0.317 e. The average molecular weight is 291 g/mol. The van der Waals surface area contributed by atoms with Crippen molar-refractivity contribution < 1.29 is 14.7 Å². The van der Waals surface area contributed by atoms with Gasteiger partial charge in [-0.25, -0.2) is 4.79 Å². The van der Waals surface area contributed by atoms with E-state index in [4.69, 9.17) is 5.11 Å². The molecule has 1 saturated heterocycles. The van der Waals surface area contributed by atoms with Crippen molar-refractivity contribution in [3.8, 4) is 0 Å². The van der Waals surface area contributed by atoms with Gasteiger partial charge in [0.15, 0.2) is 0 Å². The number of likely N-dealkylation sites (tertiary alicyclic amines) is 1. The zero-order valence-corrected chi connectivity index (χ0v) is 12.2. The van der Waals surface area contributed by atoms with E-state index in [1.54, 1.807) is 11.1 Å². The lowest BCUT2D eigenvalue weighted by molar-refractivity contribution is -0.143. The highest BCUT2D eigenvalue weighted by atomic mass is 16.4. The molecule has 0 atom stereocenters. The van der Waals surface area contributed by atoms with Crippen molar-refractivity contribution in [2.45, 2.75) is 32.7 Å². The van der Waals surface area contributed by atoms with E-state index in [2.05, 4.69) is 17.2 Å². The number of nitrogens with zero attached hydrogens (tertiary/aromatic N) is 2. The molecular formula is C15H21N3O3. The number of urea groups is 1. The normalized spacial score (nSPS) is 15.8. The standard InChI is InChI=1S/C15H21N3O3/c1-2-11-4-3-7-16-13(11)10-17-15(21)18-8-5-12(6-9-18)14(19)20/h3-4,7,12H,2,5-6,8-10H2,1H3,(H,17,21)(H,19,20). The minimum Gasteiger partial charge on any atom is -0.481 e. The van der Waals surface area contributed by atoms with Crippen LogP contribution in [0.15, 0.2) is 18.3 Å². The van der Waals surface area contributed by atoms with Gasteiger partial charge >= 0.3 is 12.0 Å². The summed E-state index contributed by atoms with van der Waals surface area (Å²) in [5.74, 6) is -1.09. The summed E-state index contributed by atoms with van der Waals surface area (Å²) in [7, 11) is 0. The van der Waals surface area contributed by atoms with Gasteiger partial charge in [0.1, 0.15) is 0 Å². The van der Waals surface area contributed by atoms with E-state index in [0.29, 0.717) is 32.5 Å². The van der Waals surface area contributed by atoms with Crippen molar-refractivity contribution in [2.75, 3.05) is 13.1 Å². The third-order valence-corrected chi connectivity index (χ3v) is 3.90. The van der Waals surface area contributed by atoms with Gasteiger partial charge in [0, 0.05) is 19.3 Å². The largest absolute Gasteiger partial charge is 0.481 e. The Morgan fingerprint density at radius 3 is 2.76 bits per heavy atom. The van der Waals surface area contributed by atoms with Gasteiger partial charge in [0.25, 0.3) is 0 Å². The second-order valence-corrected chi connectivity index (χ2v) is 5.22. The summed E-state index contributed by atoms with van der Waals surface area (Å²) in [5.41, 5.74) is 2.01. The number of carboxylic acid groups (broad SMARTS) is 1. The number of piperidine rings is 1. The van der Waals surface area contributed by atoms with Crippen molar-refractivity contribution in [3.63, 3.8) is 0 Å². The van der Waals surface area contributed by atoms with Crippen LogP contribution in [-0.2, 0) is 17.8 Å². The molecule has 6 nitrogen and oxygen atoms in total. The molecular weight excluding hydrogens is 270 g/mol. The number of pyridine rings is 1. The molecule has 2 N–H and O–H groups in total. The molecule has 1 aromatic heterocycles. The Hall–Kier alpha value is -2.11. The van der Waals surface area contributed by atoms with Gasteiger partial charge < -0.3 is 15.3 Å². The number of aryl methyl sites for hydroxylation is 1. The van der Waals surface area contributed by atoms with Crippen molar-refractivity contribution >= 4 is 12.0 Å². The van der Waals surface area contributed by atoms with Crippen molar-refractivity contribution in [1.82, 2.24) is 15.2 Å². The highest BCUT2D eigenvalue weighted by molar-refractivity contribution is 5.75. The lowest BCUT2D eigenvalue weighted by Crippen LogP contribution is -2.45. The quantitative estimate of drug-likeness (QED) is 0.883. The molecule has 0 radical (unpaired) electrons. The van der Waals surface area contributed by atoms with Gasteiger partial charge in [-0.1, -0.05) is 13.0 Å². The van der Waals surface area contributed by atoms with E-state index in [0.717, 1.165) is 17.7 Å². The molecule has 6 heteroatoms. The van der Waals surface area contributed by atoms with E-state index >= 15 is 0 Å². The van der Waals surface area contributed by atoms with Crippen LogP contribution in [0.25, 0.3) is 0 Å².